The molecule has 0 saturated heterocycles. The lowest BCUT2D eigenvalue weighted by Gasteiger charge is -2.02. The number of halogens is 1. The molecular formula is C8H12BrN2+. The van der Waals surface area contributed by atoms with Gasteiger partial charge in [0.1, 0.15) is 5.69 Å². The van der Waals surface area contributed by atoms with Crippen LogP contribution in [0.3, 0.4) is 0 Å². The summed E-state index contributed by atoms with van der Waals surface area (Å²) >= 11 is 3.41. The standard InChI is InChI=1S/C8H11BrN2/c1-11-8-4-7(9)3-2-6(8)5-10/h2-4,11H,5,10H2,1H3/p+1. The molecule has 3 heteroatoms. The van der Waals surface area contributed by atoms with E-state index in [1.807, 2.05) is 19.2 Å². The normalized spacial score (nSPS) is 10.1. The summed E-state index contributed by atoms with van der Waals surface area (Å²) in [4.78, 5) is 0. The van der Waals surface area contributed by atoms with Crippen LogP contribution in [0.25, 0.3) is 0 Å². The molecule has 2 nitrogen and oxygen atoms in total. The van der Waals surface area contributed by atoms with E-state index >= 15 is 0 Å². The van der Waals surface area contributed by atoms with Crippen molar-refractivity contribution in [2.75, 3.05) is 7.05 Å². The lowest BCUT2D eigenvalue weighted by molar-refractivity contribution is -0.540. The highest BCUT2D eigenvalue weighted by Crippen LogP contribution is 2.16. The zero-order valence-electron chi connectivity index (χ0n) is 6.47. The molecule has 1 aromatic carbocycles. The number of rotatable bonds is 2. The van der Waals surface area contributed by atoms with Crippen molar-refractivity contribution in [1.29, 1.82) is 0 Å². The zero-order chi connectivity index (χ0) is 8.27. The first-order chi connectivity index (χ1) is 5.27. The van der Waals surface area contributed by atoms with Crippen LogP contribution in [0.2, 0.25) is 0 Å². The summed E-state index contributed by atoms with van der Waals surface area (Å²) in [5.41, 5.74) is 7.94. The van der Waals surface area contributed by atoms with Crippen LogP contribution in [-0.2, 0) is 6.54 Å². The Morgan fingerprint density at radius 3 is 2.82 bits per heavy atom. The minimum absolute atomic E-state index is 0.604. The van der Waals surface area contributed by atoms with E-state index in [4.69, 9.17) is 5.73 Å². The number of benzene rings is 1. The van der Waals surface area contributed by atoms with Gasteiger partial charge in [-0.15, -0.1) is 0 Å². The summed E-state index contributed by atoms with van der Waals surface area (Å²) in [6.07, 6.45) is 0. The van der Waals surface area contributed by atoms with Crippen LogP contribution in [0.4, 0.5) is 5.69 Å². The van der Waals surface area contributed by atoms with Gasteiger partial charge in [-0.2, -0.15) is 0 Å². The smallest absolute Gasteiger partial charge is 0.135 e. The van der Waals surface area contributed by atoms with Crippen LogP contribution >= 0.6 is 15.9 Å². The molecule has 0 fully saturated rings. The van der Waals surface area contributed by atoms with Crippen molar-refractivity contribution in [2.45, 2.75) is 6.54 Å². The number of hydrogen-bond acceptors (Lipinski definition) is 1. The fourth-order valence-electron chi connectivity index (χ4n) is 1.02. The molecule has 0 atom stereocenters. The third-order valence-corrected chi connectivity index (χ3v) is 2.13. The van der Waals surface area contributed by atoms with Gasteiger partial charge in [-0.05, 0) is 6.07 Å². The third-order valence-electron chi connectivity index (χ3n) is 1.64. The molecule has 0 heterocycles. The van der Waals surface area contributed by atoms with Gasteiger partial charge in [-0.1, -0.05) is 22.0 Å². The summed E-state index contributed by atoms with van der Waals surface area (Å²) in [7, 11) is 2.01. The van der Waals surface area contributed by atoms with E-state index in [-0.39, 0.29) is 0 Å². The number of hydrogen-bond donors (Lipinski definition) is 2. The number of quaternary nitrogens is 1. The first-order valence-corrected chi connectivity index (χ1v) is 4.35. The molecule has 1 aromatic rings. The maximum Gasteiger partial charge on any atom is 0.135 e. The van der Waals surface area contributed by atoms with Crippen LogP contribution in [0.5, 0.6) is 0 Å². The van der Waals surface area contributed by atoms with E-state index in [1.54, 1.807) is 0 Å². The third kappa shape index (κ3) is 2.02. The van der Waals surface area contributed by atoms with Gasteiger partial charge in [0.05, 0.1) is 7.05 Å². The minimum atomic E-state index is 0.604. The van der Waals surface area contributed by atoms with Crippen molar-refractivity contribution in [2.24, 2.45) is 5.73 Å². The predicted octanol–water partition coefficient (Wildman–Crippen LogP) is 0.733. The van der Waals surface area contributed by atoms with Crippen molar-refractivity contribution in [3.05, 3.63) is 28.2 Å². The van der Waals surface area contributed by atoms with Gasteiger partial charge in [0.25, 0.3) is 0 Å². The Bertz CT molecular complexity index is 248. The molecule has 0 aliphatic rings. The van der Waals surface area contributed by atoms with Gasteiger partial charge in [-0.25, -0.2) is 0 Å². The Labute approximate surface area is 74.9 Å². The maximum atomic E-state index is 5.54. The summed E-state index contributed by atoms with van der Waals surface area (Å²) in [6, 6.07) is 6.12. The van der Waals surface area contributed by atoms with E-state index in [9.17, 15) is 0 Å². The van der Waals surface area contributed by atoms with E-state index in [0.717, 1.165) is 4.47 Å². The van der Waals surface area contributed by atoms with Crippen LogP contribution in [0.15, 0.2) is 22.7 Å². The molecule has 0 amide bonds. The van der Waals surface area contributed by atoms with Gasteiger partial charge in [0.15, 0.2) is 0 Å². The molecule has 0 radical (unpaired) electrons. The van der Waals surface area contributed by atoms with Crippen molar-refractivity contribution in [3.63, 3.8) is 0 Å². The highest BCUT2D eigenvalue weighted by atomic mass is 79.9. The molecule has 60 valence electrons. The number of nitrogens with two attached hydrogens (primary N) is 2. The van der Waals surface area contributed by atoms with Crippen LogP contribution in [0.1, 0.15) is 5.56 Å². The van der Waals surface area contributed by atoms with Gasteiger partial charge in [0, 0.05) is 22.6 Å². The quantitative estimate of drug-likeness (QED) is 0.703. The van der Waals surface area contributed by atoms with Crippen molar-refractivity contribution >= 4 is 21.6 Å². The molecule has 0 saturated carbocycles. The molecule has 0 unspecified atom stereocenters. The van der Waals surface area contributed by atoms with E-state index in [0.29, 0.717) is 6.54 Å². The highest BCUT2D eigenvalue weighted by Gasteiger charge is 2.01. The summed E-state index contributed by atoms with van der Waals surface area (Å²) < 4.78 is 1.10. The van der Waals surface area contributed by atoms with Crippen molar-refractivity contribution < 1.29 is 5.32 Å². The van der Waals surface area contributed by atoms with E-state index in [1.165, 1.54) is 11.3 Å². The van der Waals surface area contributed by atoms with Gasteiger partial charge >= 0.3 is 0 Å². The SMILES string of the molecule is C[NH2+]c1cc(Br)ccc1CN. The first kappa shape index (κ1) is 8.71. The molecule has 0 aliphatic carbocycles. The molecular weight excluding hydrogens is 204 g/mol. The lowest BCUT2D eigenvalue weighted by Crippen LogP contribution is -2.73. The highest BCUT2D eigenvalue weighted by molar-refractivity contribution is 9.10. The van der Waals surface area contributed by atoms with Gasteiger partial charge < -0.3 is 11.1 Å². The lowest BCUT2D eigenvalue weighted by atomic mass is 10.2. The minimum Gasteiger partial charge on any atom is -0.326 e. The average Bonchev–Trinajstić information content (AvgIpc) is 2.04. The topological polar surface area (TPSA) is 42.6 Å². The van der Waals surface area contributed by atoms with Crippen molar-refractivity contribution in [1.82, 2.24) is 0 Å². The van der Waals surface area contributed by atoms with E-state index in [2.05, 4.69) is 27.3 Å². The summed E-state index contributed by atoms with van der Waals surface area (Å²) in [5, 5.41) is 2.06. The second kappa shape index (κ2) is 3.85. The Morgan fingerprint density at radius 2 is 2.27 bits per heavy atom. The van der Waals surface area contributed by atoms with E-state index < -0.39 is 0 Å². The fourth-order valence-corrected chi connectivity index (χ4v) is 1.40. The monoisotopic (exact) mass is 215 g/mol. The molecule has 11 heavy (non-hydrogen) atoms. The second-order valence-electron chi connectivity index (χ2n) is 2.34. The molecule has 0 aromatic heterocycles. The molecule has 0 bridgehead atoms. The Kier molecular flexibility index (Phi) is 3.05. The van der Waals surface area contributed by atoms with Crippen LogP contribution in [-0.4, -0.2) is 7.05 Å². The molecule has 4 N–H and O–H groups in total. The average molecular weight is 216 g/mol. The first-order valence-electron chi connectivity index (χ1n) is 3.55. The zero-order valence-corrected chi connectivity index (χ0v) is 8.06. The van der Waals surface area contributed by atoms with Gasteiger partial charge in [0.2, 0.25) is 0 Å². The fraction of sp³-hybridized carbons (Fsp3) is 0.250. The van der Waals surface area contributed by atoms with Crippen LogP contribution < -0.4 is 11.1 Å². The summed E-state index contributed by atoms with van der Waals surface area (Å²) in [5.74, 6) is 0. The largest absolute Gasteiger partial charge is 0.326 e. The Hall–Kier alpha value is -0.380. The maximum absolute atomic E-state index is 5.54. The van der Waals surface area contributed by atoms with Crippen molar-refractivity contribution in [3.8, 4) is 0 Å². The Morgan fingerprint density at radius 1 is 1.55 bits per heavy atom. The summed E-state index contributed by atoms with van der Waals surface area (Å²) in [6.45, 7) is 0.604. The van der Waals surface area contributed by atoms with Gasteiger partial charge in [-0.3, -0.25) is 0 Å². The second-order valence-corrected chi connectivity index (χ2v) is 3.25. The molecule has 0 spiro atoms. The predicted molar refractivity (Wildman–Crippen MR) is 49.5 cm³/mol. The van der Waals surface area contributed by atoms with Crippen LogP contribution in [0, 0.1) is 0 Å². The molecule has 0 aliphatic heterocycles. The molecule has 1 rings (SSSR count). The Balaban J connectivity index is 3.06.